The monoisotopic (exact) mass is 364 g/mol. The number of hydrogen-bond donors (Lipinski definition) is 1. The lowest BCUT2D eigenvalue weighted by atomic mass is 10.1. The number of rotatable bonds is 7. The van der Waals surface area contributed by atoms with E-state index in [-0.39, 0.29) is 28.8 Å². The van der Waals surface area contributed by atoms with E-state index in [1.54, 1.807) is 36.4 Å². The highest BCUT2D eigenvalue weighted by atomic mass is 16.5. The summed E-state index contributed by atoms with van der Waals surface area (Å²) in [7, 11) is 1.48. The number of furan rings is 2. The summed E-state index contributed by atoms with van der Waals surface area (Å²) < 4.78 is 15.3. The highest BCUT2D eigenvalue weighted by Crippen LogP contribution is 2.30. The fraction of sp³-hybridized carbons (Fsp3) is 0.0476. The Morgan fingerprint density at radius 2 is 1.41 bits per heavy atom. The van der Waals surface area contributed by atoms with Crippen molar-refractivity contribution in [1.82, 2.24) is 0 Å². The molecule has 2 aromatic heterocycles. The largest absolute Gasteiger partial charge is 0.507 e. The number of hydrogen-bond acceptors (Lipinski definition) is 6. The standard InChI is InChI=1S/C21H16O6/c1-25-16-12-14(6-8-17(22)19-4-2-10-26-19)21(24)15(13-16)7-9-18(23)20-5-3-11-27-20/h2-13,24H,1H3/b8-6+,9-7+. The lowest BCUT2D eigenvalue weighted by Gasteiger charge is -2.08. The predicted molar refractivity (Wildman–Crippen MR) is 98.8 cm³/mol. The Bertz CT molecular complexity index is 914. The lowest BCUT2D eigenvalue weighted by Crippen LogP contribution is -1.93. The smallest absolute Gasteiger partial charge is 0.221 e. The summed E-state index contributed by atoms with van der Waals surface area (Å²) in [6, 6.07) is 9.48. The molecule has 136 valence electrons. The van der Waals surface area contributed by atoms with Gasteiger partial charge < -0.3 is 18.7 Å². The third-order valence-corrected chi connectivity index (χ3v) is 3.73. The number of phenols is 1. The first kappa shape index (κ1) is 18.0. The van der Waals surface area contributed by atoms with Crippen LogP contribution < -0.4 is 4.74 Å². The highest BCUT2D eigenvalue weighted by molar-refractivity contribution is 6.06. The fourth-order valence-corrected chi connectivity index (χ4v) is 2.36. The Morgan fingerprint density at radius 3 is 1.78 bits per heavy atom. The summed E-state index contributed by atoms with van der Waals surface area (Å²) in [5, 5.41) is 10.5. The van der Waals surface area contributed by atoms with Gasteiger partial charge in [0.25, 0.3) is 0 Å². The summed E-state index contributed by atoms with van der Waals surface area (Å²) in [4.78, 5) is 24.0. The normalized spacial score (nSPS) is 11.3. The van der Waals surface area contributed by atoms with Crippen molar-refractivity contribution in [2.45, 2.75) is 0 Å². The van der Waals surface area contributed by atoms with E-state index in [1.165, 1.54) is 43.9 Å². The second-order valence-corrected chi connectivity index (χ2v) is 5.50. The number of methoxy groups -OCH3 is 1. The highest BCUT2D eigenvalue weighted by Gasteiger charge is 2.10. The lowest BCUT2D eigenvalue weighted by molar-refractivity contribution is 0.101. The molecule has 0 unspecified atom stereocenters. The second kappa shape index (κ2) is 8.05. The van der Waals surface area contributed by atoms with Crippen LogP contribution in [0.5, 0.6) is 11.5 Å². The van der Waals surface area contributed by atoms with Crippen molar-refractivity contribution >= 4 is 23.7 Å². The maximum atomic E-state index is 12.0. The Balaban J connectivity index is 1.88. The number of aromatic hydroxyl groups is 1. The predicted octanol–water partition coefficient (Wildman–Crippen LogP) is 4.38. The summed E-state index contributed by atoms with van der Waals surface area (Å²) in [5.41, 5.74) is 0.721. The molecule has 1 aromatic carbocycles. The van der Waals surface area contributed by atoms with Crippen LogP contribution in [-0.4, -0.2) is 23.8 Å². The van der Waals surface area contributed by atoms with Gasteiger partial charge in [-0.15, -0.1) is 0 Å². The molecule has 3 aromatic rings. The topological polar surface area (TPSA) is 89.9 Å². The molecule has 0 amide bonds. The van der Waals surface area contributed by atoms with Gasteiger partial charge in [0.15, 0.2) is 11.5 Å². The fourth-order valence-electron chi connectivity index (χ4n) is 2.36. The van der Waals surface area contributed by atoms with Gasteiger partial charge in [-0.3, -0.25) is 9.59 Å². The van der Waals surface area contributed by atoms with Gasteiger partial charge in [-0.2, -0.15) is 0 Å². The summed E-state index contributed by atoms with van der Waals surface area (Å²) in [6.45, 7) is 0. The van der Waals surface area contributed by atoms with Crippen LogP contribution in [0, 0.1) is 0 Å². The van der Waals surface area contributed by atoms with Crippen LogP contribution in [0.4, 0.5) is 0 Å². The maximum Gasteiger partial charge on any atom is 0.221 e. The van der Waals surface area contributed by atoms with Crippen molar-refractivity contribution in [1.29, 1.82) is 0 Å². The van der Waals surface area contributed by atoms with Gasteiger partial charge in [0, 0.05) is 11.1 Å². The summed E-state index contributed by atoms with van der Waals surface area (Å²) in [6.07, 6.45) is 8.29. The van der Waals surface area contributed by atoms with Crippen LogP contribution in [-0.2, 0) is 0 Å². The Kier molecular flexibility index (Phi) is 5.37. The Labute approximate surface area is 155 Å². The first-order valence-corrected chi connectivity index (χ1v) is 8.01. The molecule has 0 fully saturated rings. The van der Waals surface area contributed by atoms with Crippen molar-refractivity contribution < 1.29 is 28.3 Å². The zero-order chi connectivity index (χ0) is 19.2. The number of phenolic OH excluding ortho intramolecular Hbond substituents is 1. The third-order valence-electron chi connectivity index (χ3n) is 3.73. The van der Waals surface area contributed by atoms with Crippen LogP contribution in [0.25, 0.3) is 12.2 Å². The van der Waals surface area contributed by atoms with Gasteiger partial charge in [0.05, 0.1) is 19.6 Å². The van der Waals surface area contributed by atoms with Crippen LogP contribution in [0.3, 0.4) is 0 Å². The number of allylic oxidation sites excluding steroid dienone is 2. The van der Waals surface area contributed by atoms with E-state index in [2.05, 4.69) is 0 Å². The molecule has 0 aliphatic rings. The van der Waals surface area contributed by atoms with E-state index in [0.29, 0.717) is 16.9 Å². The van der Waals surface area contributed by atoms with Gasteiger partial charge in [0.2, 0.25) is 11.6 Å². The van der Waals surface area contributed by atoms with Crippen LogP contribution in [0.15, 0.2) is 69.9 Å². The molecule has 1 N–H and O–H groups in total. The molecule has 0 atom stereocenters. The van der Waals surface area contributed by atoms with Crippen LogP contribution >= 0.6 is 0 Å². The maximum absolute atomic E-state index is 12.0. The van der Waals surface area contributed by atoms with Crippen LogP contribution in [0.2, 0.25) is 0 Å². The molecule has 6 nitrogen and oxygen atoms in total. The number of ketones is 2. The molecule has 0 saturated heterocycles. The SMILES string of the molecule is COc1cc(/C=C/C(=O)c2ccco2)c(O)c(/C=C/C(=O)c2ccco2)c1. The van der Waals surface area contributed by atoms with Crippen LogP contribution in [0.1, 0.15) is 32.2 Å². The van der Waals surface area contributed by atoms with Crippen molar-refractivity contribution in [2.75, 3.05) is 7.11 Å². The Morgan fingerprint density at radius 1 is 0.926 bits per heavy atom. The number of carbonyl (C=O) groups excluding carboxylic acids is 2. The molecular weight excluding hydrogens is 348 g/mol. The number of carbonyl (C=O) groups is 2. The zero-order valence-corrected chi connectivity index (χ0v) is 14.4. The molecule has 0 saturated carbocycles. The summed E-state index contributed by atoms with van der Waals surface area (Å²) >= 11 is 0. The molecule has 2 heterocycles. The van der Waals surface area contributed by atoms with Crippen molar-refractivity contribution in [2.24, 2.45) is 0 Å². The average molecular weight is 364 g/mol. The zero-order valence-electron chi connectivity index (χ0n) is 14.4. The van der Waals surface area contributed by atoms with Gasteiger partial charge in [-0.05, 0) is 60.7 Å². The second-order valence-electron chi connectivity index (χ2n) is 5.50. The molecule has 0 bridgehead atoms. The van der Waals surface area contributed by atoms with Gasteiger partial charge in [-0.25, -0.2) is 0 Å². The molecular formula is C21H16O6. The number of benzene rings is 1. The van der Waals surface area contributed by atoms with E-state index in [9.17, 15) is 14.7 Å². The van der Waals surface area contributed by atoms with Crippen molar-refractivity contribution in [3.05, 3.63) is 83.7 Å². The minimum Gasteiger partial charge on any atom is -0.507 e. The van der Waals surface area contributed by atoms with E-state index in [0.717, 1.165) is 0 Å². The van der Waals surface area contributed by atoms with Crippen molar-refractivity contribution in [3.8, 4) is 11.5 Å². The Hall–Kier alpha value is -3.80. The number of ether oxygens (including phenoxy) is 1. The molecule has 0 spiro atoms. The van der Waals surface area contributed by atoms with E-state index < -0.39 is 0 Å². The molecule has 27 heavy (non-hydrogen) atoms. The van der Waals surface area contributed by atoms with Gasteiger partial charge >= 0.3 is 0 Å². The van der Waals surface area contributed by atoms with Gasteiger partial charge in [-0.1, -0.05) is 0 Å². The summed E-state index contributed by atoms with van der Waals surface area (Å²) in [5.74, 6) is 0.0704. The van der Waals surface area contributed by atoms with E-state index >= 15 is 0 Å². The van der Waals surface area contributed by atoms with Crippen molar-refractivity contribution in [3.63, 3.8) is 0 Å². The molecule has 3 rings (SSSR count). The van der Waals surface area contributed by atoms with E-state index in [1.807, 2.05) is 0 Å². The molecule has 0 aliphatic carbocycles. The average Bonchev–Trinajstić information content (AvgIpc) is 3.39. The molecule has 0 aliphatic heterocycles. The first-order chi connectivity index (χ1) is 13.1. The van der Waals surface area contributed by atoms with Gasteiger partial charge in [0.1, 0.15) is 11.5 Å². The third kappa shape index (κ3) is 4.24. The molecule has 0 radical (unpaired) electrons. The minimum absolute atomic E-state index is 0.0946. The van der Waals surface area contributed by atoms with E-state index in [4.69, 9.17) is 13.6 Å². The minimum atomic E-state index is -0.340. The molecule has 6 heteroatoms. The quantitative estimate of drug-likeness (QED) is 0.494. The first-order valence-electron chi connectivity index (χ1n) is 8.01.